The molecular weight excluding hydrogens is 336 g/mol. The highest BCUT2D eigenvalue weighted by molar-refractivity contribution is 5.94. The molecule has 0 aromatic carbocycles. The fourth-order valence-corrected chi connectivity index (χ4v) is 6.64. The van der Waals surface area contributed by atoms with Gasteiger partial charge in [0.05, 0.1) is 0 Å². The SMILES string of the molecule is CN(CC12CC3CC(CC(C3)C1)C2)C(=O)c1n[nH]c2c1CNCC2.Cl. The summed E-state index contributed by atoms with van der Waals surface area (Å²) in [5.41, 5.74) is 3.27. The first-order chi connectivity index (χ1) is 11.6. The lowest BCUT2D eigenvalue weighted by atomic mass is 9.49. The van der Waals surface area contributed by atoms with Gasteiger partial charge in [-0.25, -0.2) is 0 Å². The standard InChI is InChI=1S/C19H28N4O.ClH/c1-23(18(24)17-15-10-20-3-2-16(15)21-22-17)11-19-7-12-4-13(8-19)6-14(5-12)9-19;/h12-14,20H,2-11H2,1H3,(H,21,22);1H. The van der Waals surface area contributed by atoms with Gasteiger partial charge in [0.2, 0.25) is 0 Å². The number of halogens is 1. The van der Waals surface area contributed by atoms with Gasteiger partial charge in [-0.1, -0.05) is 0 Å². The molecule has 2 N–H and O–H groups in total. The first-order valence-electron chi connectivity index (χ1n) is 9.64. The highest BCUT2D eigenvalue weighted by atomic mass is 35.5. The lowest BCUT2D eigenvalue weighted by Crippen LogP contribution is -2.51. The Morgan fingerprint density at radius 3 is 2.48 bits per heavy atom. The third-order valence-electron chi connectivity index (χ3n) is 7.09. The molecule has 6 heteroatoms. The molecule has 0 saturated heterocycles. The maximum Gasteiger partial charge on any atom is 0.274 e. The Bertz CT molecular complexity index is 635. The van der Waals surface area contributed by atoms with Gasteiger partial charge in [0, 0.05) is 44.4 Å². The van der Waals surface area contributed by atoms with E-state index < -0.39 is 0 Å². The third kappa shape index (κ3) is 2.89. The van der Waals surface area contributed by atoms with E-state index in [2.05, 4.69) is 15.5 Å². The van der Waals surface area contributed by atoms with Gasteiger partial charge in [0.25, 0.3) is 5.91 Å². The van der Waals surface area contributed by atoms with Crippen LogP contribution in [-0.2, 0) is 13.0 Å². The van der Waals surface area contributed by atoms with Gasteiger partial charge in [-0.15, -0.1) is 12.4 Å². The molecule has 6 rings (SSSR count). The molecule has 4 bridgehead atoms. The van der Waals surface area contributed by atoms with Crippen LogP contribution < -0.4 is 5.32 Å². The molecule has 0 atom stereocenters. The van der Waals surface area contributed by atoms with Crippen LogP contribution in [0.3, 0.4) is 0 Å². The van der Waals surface area contributed by atoms with Gasteiger partial charge in [0.15, 0.2) is 5.69 Å². The quantitative estimate of drug-likeness (QED) is 0.866. The van der Waals surface area contributed by atoms with Crippen molar-refractivity contribution < 1.29 is 4.79 Å². The molecule has 1 amide bonds. The Labute approximate surface area is 155 Å². The molecule has 2 heterocycles. The van der Waals surface area contributed by atoms with Gasteiger partial charge in [-0.2, -0.15) is 5.10 Å². The van der Waals surface area contributed by atoms with Crippen molar-refractivity contribution >= 4 is 18.3 Å². The molecule has 0 unspecified atom stereocenters. The maximum absolute atomic E-state index is 13.0. The number of hydrogen-bond donors (Lipinski definition) is 2. The Kier molecular flexibility index (Phi) is 4.35. The normalized spacial score (nSPS) is 35.2. The monoisotopic (exact) mass is 364 g/mol. The fourth-order valence-electron chi connectivity index (χ4n) is 6.64. The minimum atomic E-state index is 0. The van der Waals surface area contributed by atoms with Crippen molar-refractivity contribution in [2.45, 2.75) is 51.5 Å². The molecular formula is C19H29ClN4O. The predicted molar refractivity (Wildman–Crippen MR) is 98.8 cm³/mol. The topological polar surface area (TPSA) is 61.0 Å². The van der Waals surface area contributed by atoms with E-state index in [0.29, 0.717) is 11.1 Å². The van der Waals surface area contributed by atoms with Crippen molar-refractivity contribution in [3.63, 3.8) is 0 Å². The Hall–Kier alpha value is -1.07. The third-order valence-corrected chi connectivity index (χ3v) is 7.09. The molecule has 1 aromatic rings. The number of H-pyrrole nitrogens is 1. The summed E-state index contributed by atoms with van der Waals surface area (Å²) in [4.78, 5) is 15.0. The zero-order valence-corrected chi connectivity index (χ0v) is 15.8. The summed E-state index contributed by atoms with van der Waals surface area (Å²) in [6.07, 6.45) is 9.33. The zero-order chi connectivity index (χ0) is 16.3. The van der Waals surface area contributed by atoms with Gasteiger partial charge in [0.1, 0.15) is 0 Å². The largest absolute Gasteiger partial charge is 0.340 e. The van der Waals surface area contributed by atoms with Crippen molar-refractivity contribution in [1.29, 1.82) is 0 Å². The van der Waals surface area contributed by atoms with Crippen LogP contribution in [0.1, 0.15) is 60.3 Å². The van der Waals surface area contributed by atoms with E-state index in [1.165, 1.54) is 38.5 Å². The van der Waals surface area contributed by atoms with Crippen LogP contribution in [0.2, 0.25) is 0 Å². The summed E-state index contributed by atoms with van der Waals surface area (Å²) < 4.78 is 0. The summed E-state index contributed by atoms with van der Waals surface area (Å²) >= 11 is 0. The number of carbonyl (C=O) groups excluding carboxylic acids is 1. The average Bonchev–Trinajstić information content (AvgIpc) is 2.96. The van der Waals surface area contributed by atoms with E-state index in [1.807, 2.05) is 11.9 Å². The Morgan fingerprint density at radius 1 is 1.20 bits per heavy atom. The van der Waals surface area contributed by atoms with Crippen LogP contribution in [-0.4, -0.2) is 41.1 Å². The second-order valence-electron chi connectivity index (χ2n) is 9.03. The second kappa shape index (κ2) is 6.27. The summed E-state index contributed by atoms with van der Waals surface area (Å²) in [5, 5.41) is 10.8. The minimum absolute atomic E-state index is 0. The number of rotatable bonds is 3. The smallest absolute Gasteiger partial charge is 0.274 e. The van der Waals surface area contributed by atoms with Gasteiger partial charge >= 0.3 is 0 Å². The van der Waals surface area contributed by atoms with Crippen molar-refractivity contribution in [3.8, 4) is 0 Å². The molecule has 0 spiro atoms. The first-order valence-corrected chi connectivity index (χ1v) is 9.64. The molecule has 4 aliphatic carbocycles. The van der Waals surface area contributed by atoms with Crippen LogP contribution in [0.4, 0.5) is 0 Å². The highest BCUT2D eigenvalue weighted by Crippen LogP contribution is 2.60. The van der Waals surface area contributed by atoms with Crippen LogP contribution in [0.5, 0.6) is 0 Å². The number of aromatic nitrogens is 2. The van der Waals surface area contributed by atoms with Crippen molar-refractivity contribution in [2.75, 3.05) is 20.1 Å². The molecule has 5 nitrogen and oxygen atoms in total. The van der Waals surface area contributed by atoms with Gasteiger partial charge in [-0.05, 0) is 61.7 Å². The van der Waals surface area contributed by atoms with E-state index in [1.54, 1.807) is 0 Å². The number of hydrogen-bond acceptors (Lipinski definition) is 3. The molecule has 138 valence electrons. The van der Waals surface area contributed by atoms with Gasteiger partial charge < -0.3 is 10.2 Å². The van der Waals surface area contributed by atoms with Crippen molar-refractivity contribution in [3.05, 3.63) is 17.0 Å². The number of carbonyl (C=O) groups is 1. The number of fused-ring (bicyclic) bond motifs is 1. The van der Waals surface area contributed by atoms with Crippen LogP contribution in [0, 0.1) is 23.2 Å². The summed E-state index contributed by atoms with van der Waals surface area (Å²) in [6.45, 7) is 2.65. The van der Waals surface area contributed by atoms with E-state index in [-0.39, 0.29) is 18.3 Å². The number of nitrogens with one attached hydrogen (secondary N) is 2. The molecule has 1 aromatic heterocycles. The summed E-state index contributed by atoms with van der Waals surface area (Å²) in [7, 11) is 1.98. The minimum Gasteiger partial charge on any atom is -0.340 e. The fraction of sp³-hybridized carbons (Fsp3) is 0.789. The Balaban J connectivity index is 0.00000157. The summed E-state index contributed by atoms with van der Waals surface area (Å²) in [6, 6.07) is 0. The zero-order valence-electron chi connectivity index (χ0n) is 15.0. The number of nitrogens with zero attached hydrogens (tertiary/aromatic N) is 2. The van der Waals surface area contributed by atoms with E-state index in [9.17, 15) is 4.79 Å². The summed E-state index contributed by atoms with van der Waals surface area (Å²) in [5.74, 6) is 2.90. The molecule has 25 heavy (non-hydrogen) atoms. The van der Waals surface area contributed by atoms with Gasteiger partial charge in [-0.3, -0.25) is 9.89 Å². The van der Waals surface area contributed by atoms with E-state index >= 15 is 0 Å². The maximum atomic E-state index is 13.0. The molecule has 1 aliphatic heterocycles. The Morgan fingerprint density at radius 2 is 1.84 bits per heavy atom. The van der Waals surface area contributed by atoms with Crippen molar-refractivity contribution in [1.82, 2.24) is 20.4 Å². The first kappa shape index (κ1) is 17.3. The van der Waals surface area contributed by atoms with Crippen LogP contribution in [0.25, 0.3) is 0 Å². The average molecular weight is 365 g/mol. The molecule has 5 aliphatic rings. The number of aromatic amines is 1. The van der Waals surface area contributed by atoms with E-state index in [4.69, 9.17) is 0 Å². The van der Waals surface area contributed by atoms with Crippen LogP contribution >= 0.6 is 12.4 Å². The number of amides is 1. The molecule has 4 fully saturated rings. The lowest BCUT2D eigenvalue weighted by Gasteiger charge is -2.57. The molecule has 4 saturated carbocycles. The van der Waals surface area contributed by atoms with E-state index in [0.717, 1.165) is 55.1 Å². The second-order valence-corrected chi connectivity index (χ2v) is 9.03. The lowest BCUT2D eigenvalue weighted by molar-refractivity contribution is -0.0629. The van der Waals surface area contributed by atoms with Crippen molar-refractivity contribution in [2.24, 2.45) is 23.2 Å². The van der Waals surface area contributed by atoms with Crippen LogP contribution in [0.15, 0.2) is 0 Å². The predicted octanol–water partition coefficient (Wildman–Crippen LogP) is 2.77. The highest BCUT2D eigenvalue weighted by Gasteiger charge is 2.51. The molecule has 0 radical (unpaired) electrons.